The van der Waals surface area contributed by atoms with Crippen molar-refractivity contribution in [1.29, 1.82) is 0 Å². The Morgan fingerprint density at radius 2 is 1.91 bits per heavy atom. The number of aromatic amines is 1. The largest absolute Gasteiger partial charge is 0.341 e. The molecule has 1 aliphatic heterocycles. The first kappa shape index (κ1) is 20.7. The quantitative estimate of drug-likeness (QED) is 0.613. The average molecular weight is 451 g/mol. The first-order chi connectivity index (χ1) is 15.8. The van der Waals surface area contributed by atoms with Crippen molar-refractivity contribution in [2.75, 3.05) is 18.0 Å². The zero-order valence-corrected chi connectivity index (χ0v) is 19.2. The van der Waals surface area contributed by atoms with Crippen LogP contribution in [-0.2, 0) is 5.41 Å². The summed E-state index contributed by atoms with van der Waals surface area (Å²) in [5.74, 6) is 1.06. The topological polar surface area (TPSA) is 70.6 Å². The van der Waals surface area contributed by atoms with E-state index in [0.717, 1.165) is 61.8 Å². The van der Waals surface area contributed by atoms with Crippen LogP contribution in [-0.4, -0.2) is 38.5 Å². The van der Waals surface area contributed by atoms with Gasteiger partial charge in [-0.3, -0.25) is 0 Å². The van der Waals surface area contributed by atoms with Gasteiger partial charge in [-0.1, -0.05) is 19.9 Å². The maximum atomic E-state index is 14.5. The van der Waals surface area contributed by atoms with Crippen LogP contribution in [0.15, 0.2) is 24.3 Å². The molecule has 1 aromatic carbocycles. The molecule has 33 heavy (non-hydrogen) atoms. The van der Waals surface area contributed by atoms with Crippen LogP contribution in [0.3, 0.4) is 0 Å². The minimum absolute atomic E-state index is 0.0125. The van der Waals surface area contributed by atoms with Gasteiger partial charge in [0.05, 0.1) is 17.0 Å². The van der Waals surface area contributed by atoms with E-state index in [0.29, 0.717) is 11.8 Å². The number of halogens is 2. The number of nitrogens with one attached hydrogen (secondary N) is 1. The van der Waals surface area contributed by atoms with E-state index in [1.807, 2.05) is 13.0 Å². The van der Waals surface area contributed by atoms with Gasteiger partial charge in [0.15, 0.2) is 0 Å². The predicted octanol–water partition coefficient (Wildman–Crippen LogP) is 4.92. The molecule has 0 radical (unpaired) electrons. The Morgan fingerprint density at radius 1 is 1.12 bits per heavy atom. The number of aromatic nitrogens is 5. The average Bonchev–Trinajstić information content (AvgIpc) is 3.40. The van der Waals surface area contributed by atoms with Crippen molar-refractivity contribution in [3.05, 3.63) is 53.0 Å². The van der Waals surface area contributed by atoms with Gasteiger partial charge in [0.2, 0.25) is 5.95 Å². The first-order valence-electron chi connectivity index (χ1n) is 11.8. The Kier molecular flexibility index (Phi) is 4.42. The van der Waals surface area contributed by atoms with Gasteiger partial charge in [0.25, 0.3) is 0 Å². The highest BCUT2D eigenvalue weighted by Crippen LogP contribution is 2.70. The van der Waals surface area contributed by atoms with Gasteiger partial charge in [-0.2, -0.15) is 20.3 Å². The van der Waals surface area contributed by atoms with E-state index in [4.69, 9.17) is 5.10 Å². The Hall–Kier alpha value is -2.90. The van der Waals surface area contributed by atoms with Crippen molar-refractivity contribution >= 4 is 5.95 Å². The number of fused-ring (bicyclic) bond motifs is 5. The fourth-order valence-corrected chi connectivity index (χ4v) is 7.19. The molecule has 0 spiro atoms. The maximum Gasteiger partial charge on any atom is 0.221 e. The molecule has 172 valence electrons. The molecule has 3 aliphatic rings. The lowest BCUT2D eigenvalue weighted by molar-refractivity contribution is 0.112. The third-order valence-electron chi connectivity index (χ3n) is 8.69. The molecular weight excluding hydrogens is 422 g/mol. The van der Waals surface area contributed by atoms with Gasteiger partial charge < -0.3 is 4.90 Å². The molecule has 0 amide bonds. The second-order valence-electron chi connectivity index (χ2n) is 10.4. The minimum atomic E-state index is -0.605. The summed E-state index contributed by atoms with van der Waals surface area (Å²) in [6.45, 7) is 8.41. The molecule has 2 bridgehead atoms. The lowest BCUT2D eigenvalue weighted by Crippen LogP contribution is -2.50. The Labute approximate surface area is 191 Å². The predicted molar refractivity (Wildman–Crippen MR) is 121 cm³/mol. The van der Waals surface area contributed by atoms with Crippen LogP contribution in [0, 0.1) is 29.9 Å². The smallest absolute Gasteiger partial charge is 0.221 e. The SMILES string of the molecule is Cc1n[nH]c(N2CCC[C@H](C34CC[C@@H](c5cc(-c6c(F)cccc6F)nnc53)C4(C)C)C2)n1. The molecule has 2 aromatic heterocycles. The van der Waals surface area contributed by atoms with Gasteiger partial charge in [-0.15, -0.1) is 0 Å². The van der Waals surface area contributed by atoms with Gasteiger partial charge in [-0.05, 0) is 73.6 Å². The van der Waals surface area contributed by atoms with E-state index in [1.165, 1.54) is 18.2 Å². The van der Waals surface area contributed by atoms with Crippen molar-refractivity contribution in [3.8, 4) is 11.3 Å². The van der Waals surface area contributed by atoms with Crippen LogP contribution in [0.5, 0.6) is 0 Å². The Bertz CT molecular complexity index is 1220. The van der Waals surface area contributed by atoms with Crippen LogP contribution < -0.4 is 4.90 Å². The molecule has 1 N–H and O–H groups in total. The molecular formula is C25H28F2N6. The fourth-order valence-electron chi connectivity index (χ4n) is 7.19. The maximum absolute atomic E-state index is 14.5. The summed E-state index contributed by atoms with van der Waals surface area (Å²) in [6, 6.07) is 5.82. The number of piperidine rings is 1. The highest BCUT2D eigenvalue weighted by Gasteiger charge is 2.66. The molecule has 2 aliphatic carbocycles. The molecule has 1 saturated carbocycles. The van der Waals surface area contributed by atoms with E-state index in [9.17, 15) is 8.78 Å². The molecule has 3 aromatic rings. The second-order valence-corrected chi connectivity index (χ2v) is 10.4. The van der Waals surface area contributed by atoms with E-state index in [2.05, 4.69) is 39.0 Å². The molecule has 3 atom stereocenters. The number of nitrogens with zero attached hydrogens (tertiary/aromatic N) is 5. The van der Waals surface area contributed by atoms with Crippen molar-refractivity contribution in [3.63, 3.8) is 0 Å². The van der Waals surface area contributed by atoms with Gasteiger partial charge >= 0.3 is 0 Å². The van der Waals surface area contributed by atoms with E-state index in [-0.39, 0.29) is 22.1 Å². The summed E-state index contributed by atoms with van der Waals surface area (Å²) in [6.07, 6.45) is 4.31. The Morgan fingerprint density at radius 3 is 2.64 bits per heavy atom. The minimum Gasteiger partial charge on any atom is -0.341 e. The van der Waals surface area contributed by atoms with Gasteiger partial charge in [0.1, 0.15) is 17.5 Å². The number of aryl methyl sites for hydroxylation is 1. The van der Waals surface area contributed by atoms with Crippen molar-refractivity contribution in [2.45, 2.75) is 57.8 Å². The molecule has 6 nitrogen and oxygen atoms in total. The van der Waals surface area contributed by atoms with Crippen molar-refractivity contribution in [1.82, 2.24) is 25.4 Å². The molecule has 2 fully saturated rings. The fraction of sp³-hybridized carbons (Fsp3) is 0.520. The number of H-pyrrole nitrogens is 1. The molecule has 1 unspecified atom stereocenters. The summed E-state index contributed by atoms with van der Waals surface area (Å²) in [5.41, 5.74) is 2.22. The van der Waals surface area contributed by atoms with Gasteiger partial charge in [0, 0.05) is 18.5 Å². The highest BCUT2D eigenvalue weighted by molar-refractivity contribution is 5.63. The molecule has 6 rings (SSSR count). The van der Waals surface area contributed by atoms with E-state index >= 15 is 0 Å². The first-order valence-corrected chi connectivity index (χ1v) is 11.8. The Balaban J connectivity index is 1.42. The van der Waals surface area contributed by atoms with Gasteiger partial charge in [-0.25, -0.2) is 13.9 Å². The number of hydrogen-bond acceptors (Lipinski definition) is 5. The van der Waals surface area contributed by atoms with Crippen molar-refractivity contribution < 1.29 is 8.78 Å². The molecule has 3 heterocycles. The summed E-state index contributed by atoms with van der Waals surface area (Å²) in [4.78, 5) is 6.86. The third-order valence-corrected chi connectivity index (χ3v) is 8.69. The number of hydrogen-bond donors (Lipinski definition) is 1. The van der Waals surface area contributed by atoms with Crippen LogP contribution in [0.4, 0.5) is 14.7 Å². The van der Waals surface area contributed by atoms with E-state index < -0.39 is 11.6 Å². The normalized spacial score (nSPS) is 27.7. The summed E-state index contributed by atoms with van der Waals surface area (Å²) in [5, 5.41) is 16.4. The van der Waals surface area contributed by atoms with Crippen LogP contribution >= 0.6 is 0 Å². The van der Waals surface area contributed by atoms with Crippen LogP contribution in [0.25, 0.3) is 11.3 Å². The van der Waals surface area contributed by atoms with Crippen molar-refractivity contribution in [2.24, 2.45) is 11.3 Å². The highest BCUT2D eigenvalue weighted by atomic mass is 19.1. The number of anilines is 1. The zero-order valence-electron chi connectivity index (χ0n) is 19.2. The molecule has 1 saturated heterocycles. The summed E-state index contributed by atoms with van der Waals surface area (Å²) < 4.78 is 28.9. The number of rotatable bonds is 3. The summed E-state index contributed by atoms with van der Waals surface area (Å²) >= 11 is 0. The molecule has 8 heteroatoms. The monoisotopic (exact) mass is 450 g/mol. The standard InChI is InChI=1S/C25H28F2N6/c1-14-28-23(32-29-14)33-11-5-6-15(13-33)25-10-9-17(24(25,2)3)16-12-20(30-31-22(16)25)21-18(26)7-4-8-19(21)27/h4,7-8,12,15,17H,5-6,9-11,13H2,1-3H3,(H,28,29,32)/t15-,17-,25?/m0/s1. The second kappa shape index (κ2) is 7.05. The lowest BCUT2D eigenvalue weighted by atomic mass is 9.59. The third kappa shape index (κ3) is 2.75. The zero-order chi connectivity index (χ0) is 23.0. The van der Waals surface area contributed by atoms with Crippen LogP contribution in [0.2, 0.25) is 0 Å². The summed E-state index contributed by atoms with van der Waals surface area (Å²) in [7, 11) is 0. The van der Waals surface area contributed by atoms with E-state index in [1.54, 1.807) is 0 Å². The lowest BCUT2D eigenvalue weighted by Gasteiger charge is -2.48. The van der Waals surface area contributed by atoms with Crippen LogP contribution in [0.1, 0.15) is 62.5 Å². The number of benzene rings is 1.